The molecule has 0 radical (unpaired) electrons. The lowest BCUT2D eigenvalue weighted by molar-refractivity contribution is 0.264. The first-order valence-electron chi connectivity index (χ1n) is 10.2. The Morgan fingerprint density at radius 1 is 1.14 bits per heavy atom. The zero-order chi connectivity index (χ0) is 19.6. The van der Waals surface area contributed by atoms with Gasteiger partial charge in [0.15, 0.2) is 0 Å². The highest BCUT2D eigenvalue weighted by Crippen LogP contribution is 2.29. The van der Waals surface area contributed by atoms with Crippen molar-refractivity contribution in [2.45, 2.75) is 25.4 Å². The van der Waals surface area contributed by atoms with Crippen molar-refractivity contribution in [1.29, 1.82) is 0 Å². The van der Waals surface area contributed by atoms with E-state index in [4.69, 9.17) is 0 Å². The average Bonchev–Trinajstić information content (AvgIpc) is 3.37. The molecule has 4 heterocycles. The third kappa shape index (κ3) is 3.89. The quantitative estimate of drug-likeness (QED) is 0.545. The zero-order valence-electron chi connectivity index (χ0n) is 16.7. The summed E-state index contributed by atoms with van der Waals surface area (Å²) in [6.07, 6.45) is 10.3. The number of likely N-dealkylation sites (tertiary alicyclic amines) is 1. The number of piperidine rings is 1. The highest BCUT2D eigenvalue weighted by molar-refractivity contribution is 5.94. The van der Waals surface area contributed by atoms with Crippen molar-refractivity contribution in [1.82, 2.24) is 24.6 Å². The van der Waals surface area contributed by atoms with Crippen LogP contribution < -0.4 is 5.32 Å². The van der Waals surface area contributed by atoms with Gasteiger partial charge in [-0.1, -0.05) is 30.3 Å². The van der Waals surface area contributed by atoms with Gasteiger partial charge in [0, 0.05) is 34.9 Å². The first-order valence-corrected chi connectivity index (χ1v) is 10.2. The molecule has 4 aromatic rings. The van der Waals surface area contributed by atoms with Crippen molar-refractivity contribution in [2.75, 3.05) is 25.5 Å². The minimum atomic E-state index is 0.515. The second-order valence-corrected chi connectivity index (χ2v) is 7.96. The second-order valence-electron chi connectivity index (χ2n) is 7.96. The van der Waals surface area contributed by atoms with E-state index in [9.17, 15) is 0 Å². The normalized spacial score (nSPS) is 15.8. The van der Waals surface area contributed by atoms with Crippen LogP contribution in [0.2, 0.25) is 0 Å². The number of anilines is 1. The van der Waals surface area contributed by atoms with Crippen molar-refractivity contribution in [3.8, 4) is 11.1 Å². The van der Waals surface area contributed by atoms with Gasteiger partial charge in [-0.25, -0.2) is 4.98 Å². The van der Waals surface area contributed by atoms with Crippen molar-refractivity contribution in [3.05, 3.63) is 66.7 Å². The molecule has 5 rings (SSSR count). The van der Waals surface area contributed by atoms with Crippen LogP contribution in [0.15, 0.2) is 61.2 Å². The van der Waals surface area contributed by atoms with Gasteiger partial charge < -0.3 is 15.2 Å². The Balaban J connectivity index is 1.38. The number of aromatic amines is 1. The van der Waals surface area contributed by atoms with Crippen LogP contribution >= 0.6 is 0 Å². The number of pyridine rings is 1. The average molecular weight is 387 g/mol. The summed E-state index contributed by atoms with van der Waals surface area (Å²) in [5, 5.41) is 9.36. The van der Waals surface area contributed by atoms with Crippen LogP contribution in [0.3, 0.4) is 0 Å². The molecule has 2 N–H and O–H groups in total. The van der Waals surface area contributed by atoms with Crippen LogP contribution in [0.1, 0.15) is 18.4 Å². The van der Waals surface area contributed by atoms with E-state index in [-0.39, 0.29) is 0 Å². The number of hydrogen-bond donors (Lipinski definition) is 2. The minimum Gasteiger partial charge on any atom is -0.381 e. The molecule has 0 aliphatic carbocycles. The van der Waals surface area contributed by atoms with Crippen LogP contribution in [0, 0.1) is 0 Å². The number of H-pyrrole nitrogens is 1. The summed E-state index contributed by atoms with van der Waals surface area (Å²) in [5.74, 6) is 0. The number of benzene rings is 1. The molecule has 29 heavy (non-hydrogen) atoms. The molecule has 6 nitrogen and oxygen atoms in total. The van der Waals surface area contributed by atoms with Crippen LogP contribution in [-0.4, -0.2) is 50.8 Å². The highest BCUT2D eigenvalue weighted by Gasteiger charge is 2.17. The predicted octanol–water partition coefficient (Wildman–Crippen LogP) is 3.98. The van der Waals surface area contributed by atoms with Crippen molar-refractivity contribution >= 4 is 16.7 Å². The van der Waals surface area contributed by atoms with Crippen molar-refractivity contribution in [2.24, 2.45) is 0 Å². The summed E-state index contributed by atoms with van der Waals surface area (Å²) < 4.78 is 1.98. The molecule has 6 heteroatoms. The fourth-order valence-electron chi connectivity index (χ4n) is 4.07. The van der Waals surface area contributed by atoms with E-state index < -0.39 is 0 Å². The lowest BCUT2D eigenvalue weighted by atomic mass is 10.0. The summed E-state index contributed by atoms with van der Waals surface area (Å²) >= 11 is 0. The van der Waals surface area contributed by atoms with Gasteiger partial charge >= 0.3 is 0 Å². The number of hydrogen-bond acceptors (Lipinski definition) is 4. The van der Waals surface area contributed by atoms with Crippen LogP contribution in [-0.2, 0) is 6.54 Å². The molecule has 0 bridgehead atoms. The number of nitrogens with zero attached hydrogens (tertiary/aromatic N) is 4. The summed E-state index contributed by atoms with van der Waals surface area (Å²) in [7, 11) is 2.19. The van der Waals surface area contributed by atoms with Gasteiger partial charge in [0.05, 0.1) is 24.6 Å². The Labute approximate surface area is 170 Å². The summed E-state index contributed by atoms with van der Waals surface area (Å²) in [6.45, 7) is 3.05. The molecule has 0 amide bonds. The first-order chi connectivity index (χ1) is 14.2. The fourth-order valence-corrected chi connectivity index (χ4v) is 4.07. The van der Waals surface area contributed by atoms with Gasteiger partial charge in [0.25, 0.3) is 0 Å². The third-order valence-electron chi connectivity index (χ3n) is 5.75. The molecule has 1 saturated heterocycles. The largest absolute Gasteiger partial charge is 0.381 e. The van der Waals surface area contributed by atoms with E-state index in [1.54, 1.807) is 0 Å². The summed E-state index contributed by atoms with van der Waals surface area (Å²) in [5.41, 5.74) is 5.48. The molecule has 0 spiro atoms. The van der Waals surface area contributed by atoms with Gasteiger partial charge in [-0.2, -0.15) is 5.10 Å². The Kier molecular flexibility index (Phi) is 4.77. The van der Waals surface area contributed by atoms with E-state index in [1.165, 1.54) is 18.4 Å². The Bertz CT molecular complexity index is 1090. The molecule has 1 aliphatic heterocycles. The second kappa shape index (κ2) is 7.72. The molecule has 1 fully saturated rings. The molecule has 148 valence electrons. The third-order valence-corrected chi connectivity index (χ3v) is 5.75. The van der Waals surface area contributed by atoms with Gasteiger partial charge in [0.1, 0.15) is 5.65 Å². The highest BCUT2D eigenvalue weighted by atomic mass is 15.3. The first kappa shape index (κ1) is 17.9. The molecule has 0 saturated carbocycles. The molecule has 1 aromatic carbocycles. The van der Waals surface area contributed by atoms with E-state index in [2.05, 4.69) is 68.9 Å². The molecular formula is C23H26N6. The van der Waals surface area contributed by atoms with Crippen LogP contribution in [0.5, 0.6) is 0 Å². The van der Waals surface area contributed by atoms with Gasteiger partial charge in [-0.15, -0.1) is 0 Å². The summed E-state index contributed by atoms with van der Waals surface area (Å²) in [4.78, 5) is 10.3. The molecule has 3 aromatic heterocycles. The Morgan fingerprint density at radius 2 is 1.97 bits per heavy atom. The topological polar surface area (TPSA) is 61.8 Å². The van der Waals surface area contributed by atoms with Crippen LogP contribution in [0.4, 0.5) is 5.69 Å². The van der Waals surface area contributed by atoms with Crippen LogP contribution in [0.25, 0.3) is 22.2 Å². The maximum absolute atomic E-state index is 4.63. The van der Waals surface area contributed by atoms with E-state index in [1.807, 2.05) is 29.3 Å². The van der Waals surface area contributed by atoms with Crippen molar-refractivity contribution in [3.63, 3.8) is 0 Å². The number of fused-ring (bicyclic) bond motifs is 1. The maximum atomic E-state index is 4.63. The lowest BCUT2D eigenvalue weighted by Gasteiger charge is -2.30. The molecule has 0 unspecified atom stereocenters. The predicted molar refractivity (Wildman–Crippen MR) is 117 cm³/mol. The molecule has 1 aliphatic rings. The Hall–Kier alpha value is -3.12. The smallest absolute Gasteiger partial charge is 0.138 e. The number of rotatable bonds is 5. The lowest BCUT2D eigenvalue weighted by Crippen LogP contribution is -2.36. The minimum absolute atomic E-state index is 0.515. The zero-order valence-corrected chi connectivity index (χ0v) is 16.7. The summed E-state index contributed by atoms with van der Waals surface area (Å²) in [6, 6.07) is 13.1. The number of nitrogens with one attached hydrogen (secondary N) is 2. The molecular weight excluding hydrogens is 360 g/mol. The monoisotopic (exact) mass is 386 g/mol. The standard InChI is InChI=1S/C23H26N6/c1-28-9-7-19(8-10-28)27-20-11-21-22(14-25-23(21)24-13-20)18-12-26-29(16-18)15-17-5-3-2-4-6-17/h2-6,11-14,16,19,27H,7-10,15H2,1H3,(H,24,25). The van der Waals surface area contributed by atoms with E-state index in [0.717, 1.165) is 47.5 Å². The van der Waals surface area contributed by atoms with Crippen molar-refractivity contribution < 1.29 is 0 Å². The Morgan fingerprint density at radius 3 is 2.79 bits per heavy atom. The number of aromatic nitrogens is 4. The van der Waals surface area contributed by atoms with E-state index in [0.29, 0.717) is 6.04 Å². The SMILES string of the molecule is CN1CCC(Nc2cnc3[nH]cc(-c4cnn(Cc5ccccc5)c4)c3c2)CC1. The van der Waals surface area contributed by atoms with E-state index >= 15 is 0 Å². The van der Waals surface area contributed by atoms with Gasteiger partial charge in [0.2, 0.25) is 0 Å². The van der Waals surface area contributed by atoms with Gasteiger partial charge in [-0.3, -0.25) is 4.68 Å². The fraction of sp³-hybridized carbons (Fsp3) is 0.304. The maximum Gasteiger partial charge on any atom is 0.138 e. The molecule has 0 atom stereocenters. The van der Waals surface area contributed by atoms with Gasteiger partial charge in [-0.05, 0) is 44.6 Å².